The van der Waals surface area contributed by atoms with Crippen LogP contribution in [0.25, 0.3) is 0 Å². The topological polar surface area (TPSA) is 68.3 Å². The Kier molecular flexibility index (Phi) is 12.3. The minimum absolute atomic E-state index is 0.204. The molecule has 0 radical (unpaired) electrons. The van der Waals surface area contributed by atoms with Crippen LogP contribution in [0.1, 0.15) is 105 Å². The summed E-state index contributed by atoms with van der Waals surface area (Å²) in [6.45, 7) is 7.41. The van der Waals surface area contributed by atoms with Gasteiger partial charge in [-0.05, 0) is 31.1 Å². The first-order valence-corrected chi connectivity index (χ1v) is 9.89. The highest BCUT2D eigenvalue weighted by molar-refractivity contribution is 5.80. The molecule has 4 nitrogen and oxygen atoms in total. The standard InChI is InChI=1S/C21H36O4/c1-5-17(22)9-13-21(14-10-18(23)6-2,15-11-19(24)7-3)16-12-20(25)8-4/h5-16H2,1-4H3. The summed E-state index contributed by atoms with van der Waals surface area (Å²) in [6.07, 6.45) is 6.59. The van der Waals surface area contributed by atoms with Crippen molar-refractivity contribution in [3.8, 4) is 0 Å². The van der Waals surface area contributed by atoms with Gasteiger partial charge in [-0.25, -0.2) is 0 Å². The molecule has 0 rings (SSSR count). The Morgan fingerprint density at radius 1 is 0.480 bits per heavy atom. The Morgan fingerprint density at radius 3 is 0.840 bits per heavy atom. The summed E-state index contributed by atoms with van der Waals surface area (Å²) in [6, 6.07) is 0. The lowest BCUT2D eigenvalue weighted by Crippen LogP contribution is -2.26. The smallest absolute Gasteiger partial charge is 0.132 e. The monoisotopic (exact) mass is 352 g/mol. The van der Waals surface area contributed by atoms with E-state index in [-0.39, 0.29) is 28.5 Å². The minimum atomic E-state index is -0.259. The largest absolute Gasteiger partial charge is 0.300 e. The summed E-state index contributed by atoms with van der Waals surface area (Å²) in [5, 5.41) is 0. The van der Waals surface area contributed by atoms with E-state index >= 15 is 0 Å². The van der Waals surface area contributed by atoms with E-state index in [1.807, 2.05) is 27.7 Å². The fraction of sp³-hybridized carbons (Fsp3) is 0.810. The molecule has 0 aromatic rings. The maximum atomic E-state index is 11.8. The van der Waals surface area contributed by atoms with Crippen molar-refractivity contribution < 1.29 is 19.2 Å². The van der Waals surface area contributed by atoms with Crippen molar-refractivity contribution in [2.75, 3.05) is 0 Å². The van der Waals surface area contributed by atoms with Gasteiger partial charge in [-0.1, -0.05) is 27.7 Å². The molecule has 0 saturated carbocycles. The molecule has 0 bridgehead atoms. The molecule has 0 spiro atoms. The van der Waals surface area contributed by atoms with Crippen LogP contribution >= 0.6 is 0 Å². The van der Waals surface area contributed by atoms with Crippen LogP contribution in [-0.2, 0) is 19.2 Å². The lowest BCUT2D eigenvalue weighted by atomic mass is 9.70. The number of hydrogen-bond acceptors (Lipinski definition) is 4. The van der Waals surface area contributed by atoms with Crippen LogP contribution in [0.15, 0.2) is 0 Å². The fourth-order valence-electron chi connectivity index (χ4n) is 3.08. The van der Waals surface area contributed by atoms with Crippen LogP contribution in [0.2, 0.25) is 0 Å². The summed E-state index contributed by atoms with van der Waals surface area (Å²) < 4.78 is 0. The maximum Gasteiger partial charge on any atom is 0.132 e. The zero-order valence-electron chi connectivity index (χ0n) is 16.6. The third kappa shape index (κ3) is 10.3. The van der Waals surface area contributed by atoms with E-state index in [2.05, 4.69) is 0 Å². The number of Topliss-reactive ketones (excluding diaryl/α,β-unsaturated/α-hetero) is 4. The highest BCUT2D eigenvalue weighted by Gasteiger charge is 2.31. The van der Waals surface area contributed by atoms with E-state index < -0.39 is 0 Å². The highest BCUT2D eigenvalue weighted by Crippen LogP contribution is 2.40. The second kappa shape index (κ2) is 13.0. The normalized spacial score (nSPS) is 11.4. The molecule has 0 fully saturated rings. The summed E-state index contributed by atoms with van der Waals surface area (Å²) in [5.41, 5.74) is -0.259. The molecule has 0 atom stereocenters. The molecule has 0 amide bonds. The molecular weight excluding hydrogens is 316 g/mol. The molecule has 25 heavy (non-hydrogen) atoms. The molecular formula is C21H36O4. The van der Waals surface area contributed by atoms with Gasteiger partial charge in [0.25, 0.3) is 0 Å². The summed E-state index contributed by atoms with van der Waals surface area (Å²) in [5.74, 6) is 0.814. The predicted molar refractivity (Wildman–Crippen MR) is 101 cm³/mol. The molecule has 144 valence electrons. The number of carbonyl (C=O) groups excluding carboxylic acids is 4. The lowest BCUT2D eigenvalue weighted by Gasteiger charge is -2.34. The van der Waals surface area contributed by atoms with E-state index in [1.165, 1.54) is 0 Å². The molecule has 0 aliphatic rings. The Bertz CT molecular complexity index is 365. The average molecular weight is 353 g/mol. The van der Waals surface area contributed by atoms with Gasteiger partial charge in [-0.3, -0.25) is 19.2 Å². The quantitative estimate of drug-likeness (QED) is 0.391. The Balaban J connectivity index is 5.24. The maximum absolute atomic E-state index is 11.8. The molecule has 0 aliphatic heterocycles. The second-order valence-electron chi connectivity index (χ2n) is 7.07. The second-order valence-corrected chi connectivity index (χ2v) is 7.07. The van der Waals surface area contributed by atoms with Crippen molar-refractivity contribution in [3.63, 3.8) is 0 Å². The fourth-order valence-corrected chi connectivity index (χ4v) is 3.08. The Labute approximate surface area is 153 Å². The molecule has 4 heteroatoms. The summed E-state index contributed by atoms with van der Waals surface area (Å²) in [7, 11) is 0. The SMILES string of the molecule is CCC(=O)CCC(CCC(=O)CC)(CCC(=O)CC)CCC(=O)CC. The van der Waals surface area contributed by atoms with Crippen LogP contribution in [0.4, 0.5) is 0 Å². The van der Waals surface area contributed by atoms with Crippen molar-refractivity contribution >= 4 is 23.1 Å². The highest BCUT2D eigenvalue weighted by atomic mass is 16.1. The molecule has 0 aliphatic carbocycles. The predicted octanol–water partition coefficient (Wildman–Crippen LogP) is 5.01. The first-order chi connectivity index (χ1) is 11.8. The number of hydrogen-bond donors (Lipinski definition) is 0. The van der Waals surface area contributed by atoms with Gasteiger partial charge in [-0.15, -0.1) is 0 Å². The first-order valence-electron chi connectivity index (χ1n) is 9.89. The lowest BCUT2D eigenvalue weighted by molar-refractivity contribution is -0.120. The molecule has 0 aromatic heterocycles. The molecule has 0 N–H and O–H groups in total. The van der Waals surface area contributed by atoms with Crippen molar-refractivity contribution in [1.29, 1.82) is 0 Å². The van der Waals surface area contributed by atoms with E-state index in [0.29, 0.717) is 77.0 Å². The van der Waals surface area contributed by atoms with Crippen LogP contribution in [-0.4, -0.2) is 23.1 Å². The number of rotatable bonds is 16. The minimum Gasteiger partial charge on any atom is -0.300 e. The van der Waals surface area contributed by atoms with Gasteiger partial charge in [0.05, 0.1) is 0 Å². The Morgan fingerprint density at radius 2 is 0.680 bits per heavy atom. The average Bonchev–Trinajstić information content (AvgIpc) is 2.65. The van der Waals surface area contributed by atoms with Crippen LogP contribution in [0.3, 0.4) is 0 Å². The van der Waals surface area contributed by atoms with Gasteiger partial charge in [0, 0.05) is 51.4 Å². The van der Waals surface area contributed by atoms with Crippen molar-refractivity contribution in [3.05, 3.63) is 0 Å². The zero-order valence-corrected chi connectivity index (χ0v) is 16.6. The van der Waals surface area contributed by atoms with Gasteiger partial charge >= 0.3 is 0 Å². The van der Waals surface area contributed by atoms with Crippen LogP contribution < -0.4 is 0 Å². The number of carbonyl (C=O) groups is 4. The van der Waals surface area contributed by atoms with Crippen molar-refractivity contribution in [2.45, 2.75) is 105 Å². The zero-order chi connectivity index (χ0) is 19.3. The molecule has 0 heterocycles. The number of ketones is 4. The third-order valence-corrected chi connectivity index (χ3v) is 5.31. The van der Waals surface area contributed by atoms with Gasteiger partial charge in [0.2, 0.25) is 0 Å². The molecule has 0 saturated heterocycles. The molecule has 0 unspecified atom stereocenters. The first kappa shape index (κ1) is 23.7. The summed E-state index contributed by atoms with van der Waals surface area (Å²) >= 11 is 0. The van der Waals surface area contributed by atoms with Crippen LogP contribution in [0.5, 0.6) is 0 Å². The molecule has 0 aromatic carbocycles. The summed E-state index contributed by atoms with van der Waals surface area (Å²) in [4.78, 5) is 47.4. The van der Waals surface area contributed by atoms with E-state index in [1.54, 1.807) is 0 Å². The van der Waals surface area contributed by atoms with Crippen molar-refractivity contribution in [2.24, 2.45) is 5.41 Å². The van der Waals surface area contributed by atoms with E-state index in [4.69, 9.17) is 0 Å². The Hall–Kier alpha value is -1.32. The van der Waals surface area contributed by atoms with Gasteiger partial charge < -0.3 is 0 Å². The van der Waals surface area contributed by atoms with E-state index in [9.17, 15) is 19.2 Å². The van der Waals surface area contributed by atoms with Gasteiger partial charge in [0.15, 0.2) is 0 Å². The van der Waals surface area contributed by atoms with Gasteiger partial charge in [-0.2, -0.15) is 0 Å². The van der Waals surface area contributed by atoms with Crippen LogP contribution in [0, 0.1) is 5.41 Å². The van der Waals surface area contributed by atoms with Crippen molar-refractivity contribution in [1.82, 2.24) is 0 Å². The van der Waals surface area contributed by atoms with E-state index in [0.717, 1.165) is 0 Å². The van der Waals surface area contributed by atoms with Gasteiger partial charge in [0.1, 0.15) is 23.1 Å². The third-order valence-electron chi connectivity index (χ3n) is 5.31.